The molecule has 3 fully saturated rings. The minimum absolute atomic E-state index is 0.0464. The summed E-state index contributed by atoms with van der Waals surface area (Å²) in [5.41, 5.74) is 7.88. The number of nitrogens with zero attached hydrogens (tertiary/aromatic N) is 4. The number of ether oxygens (including phenoxy) is 2. The molecule has 2 saturated heterocycles. The van der Waals surface area contributed by atoms with Crippen LogP contribution in [0.5, 0.6) is 11.5 Å². The highest BCUT2D eigenvalue weighted by atomic mass is 19.1. The van der Waals surface area contributed by atoms with Crippen molar-refractivity contribution in [2.75, 3.05) is 25.4 Å². The van der Waals surface area contributed by atoms with E-state index in [4.69, 9.17) is 20.2 Å². The lowest BCUT2D eigenvalue weighted by Crippen LogP contribution is -2.51. The molecule has 1 saturated carbocycles. The Hall–Kier alpha value is -3.35. The molecule has 3 unspecified atom stereocenters. The van der Waals surface area contributed by atoms with Gasteiger partial charge in [0.2, 0.25) is 0 Å². The number of halogens is 2. The molecule has 38 heavy (non-hydrogen) atoms. The lowest BCUT2D eigenvalue weighted by molar-refractivity contribution is -0.0612. The van der Waals surface area contributed by atoms with Crippen LogP contribution in [0.4, 0.5) is 14.5 Å². The molecule has 0 radical (unpaired) electrons. The minimum Gasteiger partial charge on any atom is -0.453 e. The zero-order valence-corrected chi connectivity index (χ0v) is 21.2. The number of fused-ring (bicyclic) bond motifs is 1. The summed E-state index contributed by atoms with van der Waals surface area (Å²) >= 11 is 0. The van der Waals surface area contributed by atoms with Gasteiger partial charge in [-0.15, -0.1) is 0 Å². The molecule has 2 N–H and O–H groups in total. The van der Waals surface area contributed by atoms with E-state index in [0.29, 0.717) is 29.8 Å². The monoisotopic (exact) mass is 519 g/mol. The normalized spacial score (nSPS) is 25.4. The lowest BCUT2D eigenvalue weighted by Gasteiger charge is -2.44. The van der Waals surface area contributed by atoms with Crippen molar-refractivity contribution in [3.8, 4) is 17.6 Å². The van der Waals surface area contributed by atoms with Crippen LogP contribution >= 0.6 is 0 Å². The van der Waals surface area contributed by atoms with E-state index in [1.807, 2.05) is 6.07 Å². The van der Waals surface area contributed by atoms with Crippen molar-refractivity contribution < 1.29 is 18.3 Å². The van der Waals surface area contributed by atoms with Gasteiger partial charge >= 0.3 is 0 Å². The van der Waals surface area contributed by atoms with Crippen molar-refractivity contribution in [1.82, 2.24) is 14.9 Å². The topological polar surface area (TPSA) is 97.3 Å². The maximum atomic E-state index is 14.5. The quantitative estimate of drug-likeness (QED) is 0.446. The number of nitriles is 1. The molecule has 0 bridgehead atoms. The van der Waals surface area contributed by atoms with Crippen molar-refractivity contribution in [3.63, 3.8) is 0 Å². The summed E-state index contributed by atoms with van der Waals surface area (Å²) in [6.45, 7) is 2.31. The number of nitrogens with two attached hydrogens (primary N) is 1. The molecule has 3 aromatic rings. The van der Waals surface area contributed by atoms with Crippen LogP contribution in [0.15, 0.2) is 36.5 Å². The number of alkyl halides is 1. The van der Waals surface area contributed by atoms with Crippen LogP contribution in [0.3, 0.4) is 0 Å². The van der Waals surface area contributed by atoms with Crippen LogP contribution in [0.2, 0.25) is 0 Å². The molecule has 2 aromatic carbocycles. The molecule has 3 heterocycles. The maximum absolute atomic E-state index is 14.5. The summed E-state index contributed by atoms with van der Waals surface area (Å²) in [6.07, 6.45) is 7.51. The fourth-order valence-electron chi connectivity index (χ4n) is 6.29. The second kappa shape index (κ2) is 10.1. The van der Waals surface area contributed by atoms with Gasteiger partial charge in [-0.3, -0.25) is 9.88 Å². The SMILES string of the molecule is N#Cc1c(N)ccc(F)c1Oc1ccc2ncc(C3COC4(CCN(C5CCCCC5F)CC4)C3)nc2c1. The van der Waals surface area contributed by atoms with Crippen LogP contribution < -0.4 is 10.5 Å². The first-order valence-electron chi connectivity index (χ1n) is 13.4. The highest BCUT2D eigenvalue weighted by Gasteiger charge is 2.45. The highest BCUT2D eigenvalue weighted by molar-refractivity contribution is 5.76. The number of benzene rings is 2. The number of rotatable bonds is 4. The van der Waals surface area contributed by atoms with Gasteiger partial charge < -0.3 is 15.2 Å². The van der Waals surface area contributed by atoms with E-state index < -0.39 is 12.0 Å². The van der Waals surface area contributed by atoms with Gasteiger partial charge in [0.05, 0.1) is 34.6 Å². The smallest absolute Gasteiger partial charge is 0.182 e. The molecule has 3 atom stereocenters. The maximum Gasteiger partial charge on any atom is 0.182 e. The Labute approximate surface area is 220 Å². The standard InChI is InChI=1S/C29H31F2N5O2/c30-21-3-1-2-4-27(21)36-11-9-29(10-12-36)14-18(17-37-29)26-16-34-24-8-5-19(13-25(24)35-26)38-28-20(15-32)23(33)7-6-22(28)31/h5-8,13,16,18,21,27H,1-4,9-12,14,17,33H2. The fraction of sp³-hybridized carbons (Fsp3) is 0.483. The summed E-state index contributed by atoms with van der Waals surface area (Å²) in [5, 5.41) is 9.40. The third-order valence-electron chi connectivity index (χ3n) is 8.46. The number of anilines is 1. The number of hydrogen-bond acceptors (Lipinski definition) is 7. The third kappa shape index (κ3) is 4.67. The molecular weight excluding hydrogens is 488 g/mol. The van der Waals surface area contributed by atoms with Crippen molar-refractivity contribution in [2.45, 2.75) is 68.7 Å². The summed E-state index contributed by atoms with van der Waals surface area (Å²) in [6, 6.07) is 9.59. The number of hydrogen-bond donors (Lipinski definition) is 1. The Morgan fingerprint density at radius 2 is 1.95 bits per heavy atom. The van der Waals surface area contributed by atoms with Crippen LogP contribution in [0, 0.1) is 17.1 Å². The molecule has 2 aliphatic heterocycles. The highest BCUT2D eigenvalue weighted by Crippen LogP contribution is 2.43. The van der Waals surface area contributed by atoms with E-state index in [1.165, 1.54) is 12.1 Å². The van der Waals surface area contributed by atoms with E-state index >= 15 is 0 Å². The molecule has 9 heteroatoms. The molecule has 1 spiro atoms. The third-order valence-corrected chi connectivity index (χ3v) is 8.46. The number of likely N-dealkylation sites (tertiary alicyclic amines) is 1. The predicted molar refractivity (Wildman–Crippen MR) is 139 cm³/mol. The fourth-order valence-corrected chi connectivity index (χ4v) is 6.29. The Bertz CT molecular complexity index is 1390. The van der Waals surface area contributed by atoms with Gasteiger partial charge in [-0.2, -0.15) is 5.26 Å². The largest absolute Gasteiger partial charge is 0.453 e. The molecule has 1 aromatic heterocycles. The molecule has 1 aliphatic carbocycles. The molecule has 6 rings (SSSR count). The zero-order valence-electron chi connectivity index (χ0n) is 21.2. The van der Waals surface area contributed by atoms with E-state index in [0.717, 1.165) is 57.3 Å². The van der Waals surface area contributed by atoms with E-state index in [1.54, 1.807) is 24.4 Å². The zero-order chi connectivity index (χ0) is 26.3. The summed E-state index contributed by atoms with van der Waals surface area (Å²) in [5.74, 6) is -0.421. The van der Waals surface area contributed by atoms with E-state index in [-0.39, 0.29) is 34.6 Å². The summed E-state index contributed by atoms with van der Waals surface area (Å²) in [4.78, 5) is 11.8. The van der Waals surface area contributed by atoms with Crippen molar-refractivity contribution >= 4 is 16.7 Å². The van der Waals surface area contributed by atoms with Gasteiger partial charge in [0.25, 0.3) is 0 Å². The van der Waals surface area contributed by atoms with Crippen LogP contribution in [0.25, 0.3) is 11.0 Å². The van der Waals surface area contributed by atoms with E-state index in [9.17, 15) is 14.0 Å². The van der Waals surface area contributed by atoms with Crippen LogP contribution in [-0.2, 0) is 4.74 Å². The summed E-state index contributed by atoms with van der Waals surface area (Å²) in [7, 11) is 0. The Kier molecular flexibility index (Phi) is 6.62. The van der Waals surface area contributed by atoms with Gasteiger partial charge in [0.1, 0.15) is 23.6 Å². The van der Waals surface area contributed by atoms with Gasteiger partial charge in [-0.25, -0.2) is 13.8 Å². The number of nitrogen functional groups attached to an aromatic ring is 1. The second-order valence-corrected chi connectivity index (χ2v) is 10.8. The van der Waals surface area contributed by atoms with Crippen molar-refractivity contribution in [1.29, 1.82) is 5.26 Å². The van der Waals surface area contributed by atoms with Crippen LogP contribution in [0.1, 0.15) is 62.1 Å². The van der Waals surface area contributed by atoms with Crippen molar-refractivity contribution in [2.24, 2.45) is 0 Å². The molecule has 7 nitrogen and oxygen atoms in total. The molecule has 0 amide bonds. The number of aromatic nitrogens is 2. The van der Waals surface area contributed by atoms with Crippen molar-refractivity contribution in [3.05, 3.63) is 53.6 Å². The number of piperidine rings is 1. The van der Waals surface area contributed by atoms with Crippen LogP contribution in [-0.4, -0.2) is 52.4 Å². The minimum atomic E-state index is -0.709. The second-order valence-electron chi connectivity index (χ2n) is 10.8. The first kappa shape index (κ1) is 25.0. The average molecular weight is 520 g/mol. The van der Waals surface area contributed by atoms with Gasteiger partial charge in [0.15, 0.2) is 11.6 Å². The van der Waals surface area contributed by atoms with Gasteiger partial charge in [-0.1, -0.05) is 12.8 Å². The van der Waals surface area contributed by atoms with E-state index in [2.05, 4.69) is 9.88 Å². The molecule has 198 valence electrons. The lowest BCUT2D eigenvalue weighted by atomic mass is 9.83. The predicted octanol–water partition coefficient (Wildman–Crippen LogP) is 5.63. The summed E-state index contributed by atoms with van der Waals surface area (Å²) < 4.78 is 41.0. The Morgan fingerprint density at radius 1 is 1.13 bits per heavy atom. The average Bonchev–Trinajstić information content (AvgIpc) is 3.35. The molecular formula is C29H31F2N5O2. The first-order valence-corrected chi connectivity index (χ1v) is 13.4. The van der Waals surface area contributed by atoms with Gasteiger partial charge in [-0.05, 0) is 56.4 Å². The first-order chi connectivity index (χ1) is 18.4. The molecule has 3 aliphatic rings. The Morgan fingerprint density at radius 3 is 2.74 bits per heavy atom. The Balaban J connectivity index is 1.17. The van der Waals surface area contributed by atoms with Gasteiger partial charge in [0, 0.05) is 37.3 Å².